The minimum absolute atomic E-state index is 0.00842. The minimum atomic E-state index is -0.423. The first kappa shape index (κ1) is 11.1. The van der Waals surface area contributed by atoms with Crippen molar-refractivity contribution in [2.24, 2.45) is 0 Å². The molecule has 0 aliphatic rings. The van der Waals surface area contributed by atoms with Crippen molar-refractivity contribution < 1.29 is 9.42 Å². The highest BCUT2D eigenvalue weighted by atomic mass is 16.6. The Morgan fingerprint density at radius 1 is 1.41 bits per heavy atom. The lowest BCUT2D eigenvalue weighted by Gasteiger charge is -2.12. The van der Waals surface area contributed by atoms with E-state index in [4.69, 9.17) is 5.73 Å². The highest BCUT2D eigenvalue weighted by Crippen LogP contribution is 2.12. The maximum Gasteiger partial charge on any atom is 0.277 e. The van der Waals surface area contributed by atoms with E-state index >= 15 is 0 Å². The molecule has 0 fully saturated rings. The second-order valence-corrected chi connectivity index (χ2v) is 3.47. The summed E-state index contributed by atoms with van der Waals surface area (Å²) in [7, 11) is 0. The zero-order chi connectivity index (χ0) is 12.3. The highest BCUT2D eigenvalue weighted by Gasteiger charge is 2.18. The molecule has 2 heterocycles. The van der Waals surface area contributed by atoms with Crippen LogP contribution in [0.1, 0.15) is 29.0 Å². The third kappa shape index (κ3) is 2.39. The zero-order valence-electron chi connectivity index (χ0n) is 9.12. The molecule has 3 N–H and O–H groups in total. The van der Waals surface area contributed by atoms with Crippen molar-refractivity contribution in [2.75, 3.05) is 5.73 Å². The van der Waals surface area contributed by atoms with E-state index in [1.807, 2.05) is 19.1 Å². The van der Waals surface area contributed by atoms with E-state index in [0.717, 1.165) is 5.56 Å². The van der Waals surface area contributed by atoms with Crippen LogP contribution in [0, 0.1) is 0 Å². The molecule has 0 saturated carbocycles. The first-order valence-electron chi connectivity index (χ1n) is 4.97. The molecule has 0 bridgehead atoms. The standard InChI is InChI=1S/C10H11N5O2/c1-6(7-2-4-12-5-3-7)13-10(16)8-9(11)15-17-14-8/h2-6H,1H3,(H2,11,15)(H,13,16). The van der Waals surface area contributed by atoms with E-state index in [1.54, 1.807) is 12.4 Å². The average molecular weight is 233 g/mol. The molecule has 2 aromatic heterocycles. The molecule has 0 aliphatic carbocycles. The van der Waals surface area contributed by atoms with Crippen molar-refractivity contribution in [3.63, 3.8) is 0 Å². The van der Waals surface area contributed by atoms with Crippen molar-refractivity contribution in [3.05, 3.63) is 35.8 Å². The molecule has 17 heavy (non-hydrogen) atoms. The number of hydrogen-bond donors (Lipinski definition) is 2. The lowest BCUT2D eigenvalue weighted by atomic mass is 10.1. The van der Waals surface area contributed by atoms with E-state index in [0.29, 0.717) is 0 Å². The molecule has 7 heteroatoms. The third-order valence-corrected chi connectivity index (χ3v) is 2.28. The Labute approximate surface area is 97.0 Å². The number of carbonyl (C=O) groups is 1. The predicted octanol–water partition coefficient (Wildman–Crippen LogP) is 0.538. The number of carbonyl (C=O) groups excluding carboxylic acids is 1. The van der Waals surface area contributed by atoms with Crippen molar-refractivity contribution in [3.8, 4) is 0 Å². The first-order valence-corrected chi connectivity index (χ1v) is 4.97. The Hall–Kier alpha value is -2.44. The van der Waals surface area contributed by atoms with Gasteiger partial charge in [-0.25, -0.2) is 4.63 Å². The fourth-order valence-corrected chi connectivity index (χ4v) is 1.35. The molecule has 0 aromatic carbocycles. The van der Waals surface area contributed by atoms with Gasteiger partial charge in [0.15, 0.2) is 0 Å². The number of nitrogens with zero attached hydrogens (tertiary/aromatic N) is 3. The van der Waals surface area contributed by atoms with Gasteiger partial charge in [-0.1, -0.05) is 0 Å². The zero-order valence-corrected chi connectivity index (χ0v) is 9.12. The van der Waals surface area contributed by atoms with Crippen LogP contribution >= 0.6 is 0 Å². The van der Waals surface area contributed by atoms with Gasteiger partial charge in [0, 0.05) is 12.4 Å². The molecule has 1 unspecified atom stereocenters. The molecular weight excluding hydrogens is 222 g/mol. The molecular formula is C10H11N5O2. The lowest BCUT2D eigenvalue weighted by Crippen LogP contribution is -2.27. The van der Waals surface area contributed by atoms with E-state index in [9.17, 15) is 4.79 Å². The normalized spacial score (nSPS) is 12.1. The van der Waals surface area contributed by atoms with Crippen LogP contribution in [-0.2, 0) is 0 Å². The number of rotatable bonds is 3. The van der Waals surface area contributed by atoms with Crippen LogP contribution in [0.3, 0.4) is 0 Å². The van der Waals surface area contributed by atoms with Crippen molar-refractivity contribution in [1.82, 2.24) is 20.6 Å². The largest absolute Gasteiger partial charge is 0.379 e. The molecule has 0 aliphatic heterocycles. The van der Waals surface area contributed by atoms with Gasteiger partial charge >= 0.3 is 0 Å². The Balaban J connectivity index is 2.08. The molecule has 1 atom stereocenters. The van der Waals surface area contributed by atoms with Crippen LogP contribution in [0.4, 0.5) is 5.82 Å². The number of amides is 1. The first-order chi connectivity index (χ1) is 8.18. The van der Waals surface area contributed by atoms with E-state index in [1.165, 1.54) is 0 Å². The summed E-state index contributed by atoms with van der Waals surface area (Å²) in [6.45, 7) is 1.84. The molecule has 2 rings (SSSR count). The number of nitrogens with two attached hydrogens (primary N) is 1. The van der Waals surface area contributed by atoms with Gasteiger partial charge in [0.05, 0.1) is 6.04 Å². The van der Waals surface area contributed by atoms with E-state index < -0.39 is 5.91 Å². The lowest BCUT2D eigenvalue weighted by molar-refractivity contribution is 0.0930. The Kier molecular flexibility index (Phi) is 2.99. The summed E-state index contributed by atoms with van der Waals surface area (Å²) in [4.78, 5) is 15.6. The van der Waals surface area contributed by atoms with Gasteiger partial charge < -0.3 is 11.1 Å². The molecule has 0 saturated heterocycles. The van der Waals surface area contributed by atoms with Crippen LogP contribution in [0.15, 0.2) is 29.2 Å². The Morgan fingerprint density at radius 2 is 2.12 bits per heavy atom. The third-order valence-electron chi connectivity index (χ3n) is 2.28. The van der Waals surface area contributed by atoms with Gasteiger partial charge in [0.2, 0.25) is 11.5 Å². The van der Waals surface area contributed by atoms with Gasteiger partial charge in [-0.05, 0) is 34.9 Å². The van der Waals surface area contributed by atoms with Crippen LogP contribution < -0.4 is 11.1 Å². The van der Waals surface area contributed by atoms with Crippen molar-refractivity contribution in [2.45, 2.75) is 13.0 Å². The molecule has 0 radical (unpaired) electrons. The fourth-order valence-electron chi connectivity index (χ4n) is 1.35. The van der Waals surface area contributed by atoms with Gasteiger partial charge in [-0.3, -0.25) is 9.78 Å². The van der Waals surface area contributed by atoms with Crippen molar-refractivity contribution in [1.29, 1.82) is 0 Å². The van der Waals surface area contributed by atoms with Gasteiger partial charge in [0.25, 0.3) is 5.91 Å². The monoisotopic (exact) mass is 233 g/mol. The minimum Gasteiger partial charge on any atom is -0.379 e. The molecule has 0 spiro atoms. The van der Waals surface area contributed by atoms with Crippen molar-refractivity contribution >= 4 is 11.7 Å². The number of hydrogen-bond acceptors (Lipinski definition) is 6. The number of anilines is 1. The van der Waals surface area contributed by atoms with Gasteiger partial charge in [-0.2, -0.15) is 0 Å². The summed E-state index contributed by atoms with van der Waals surface area (Å²) in [5.41, 5.74) is 6.34. The quantitative estimate of drug-likeness (QED) is 0.801. The van der Waals surface area contributed by atoms with Crippen LogP contribution in [0.2, 0.25) is 0 Å². The SMILES string of the molecule is CC(NC(=O)c1nonc1N)c1ccncc1. The molecule has 1 amide bonds. The predicted molar refractivity (Wildman–Crippen MR) is 58.8 cm³/mol. The molecule has 7 nitrogen and oxygen atoms in total. The number of nitrogen functional groups attached to an aromatic ring is 1. The van der Waals surface area contributed by atoms with E-state index in [2.05, 4.69) is 25.2 Å². The van der Waals surface area contributed by atoms with Crippen LogP contribution in [0.5, 0.6) is 0 Å². The summed E-state index contributed by atoms with van der Waals surface area (Å²) < 4.78 is 4.36. The number of pyridine rings is 1. The second-order valence-electron chi connectivity index (χ2n) is 3.47. The van der Waals surface area contributed by atoms with Gasteiger partial charge in [0.1, 0.15) is 0 Å². The molecule has 88 valence electrons. The summed E-state index contributed by atoms with van der Waals surface area (Å²) in [5.74, 6) is -0.447. The average Bonchev–Trinajstić information content (AvgIpc) is 2.76. The topological polar surface area (TPSA) is 107 Å². The molecule has 2 aromatic rings. The second kappa shape index (κ2) is 4.60. The van der Waals surface area contributed by atoms with E-state index in [-0.39, 0.29) is 17.6 Å². The van der Waals surface area contributed by atoms with Crippen LogP contribution in [-0.4, -0.2) is 21.2 Å². The van der Waals surface area contributed by atoms with Gasteiger partial charge in [-0.15, -0.1) is 0 Å². The Morgan fingerprint density at radius 3 is 2.71 bits per heavy atom. The highest BCUT2D eigenvalue weighted by molar-refractivity contribution is 5.96. The summed E-state index contributed by atoms with van der Waals surface area (Å²) in [6.07, 6.45) is 3.31. The maximum atomic E-state index is 11.7. The maximum absolute atomic E-state index is 11.7. The fraction of sp³-hybridized carbons (Fsp3) is 0.200. The van der Waals surface area contributed by atoms with Crippen LogP contribution in [0.25, 0.3) is 0 Å². The number of aromatic nitrogens is 3. The number of nitrogens with one attached hydrogen (secondary N) is 1. The summed E-state index contributed by atoms with van der Waals surface area (Å²) in [6, 6.07) is 3.45. The summed E-state index contributed by atoms with van der Waals surface area (Å²) in [5, 5.41) is 9.50. The summed E-state index contributed by atoms with van der Waals surface area (Å²) >= 11 is 0. The smallest absolute Gasteiger partial charge is 0.277 e. The Bertz CT molecular complexity index is 510.